The molecule has 0 aliphatic carbocycles. The molecule has 3 aromatic carbocycles. The van der Waals surface area contributed by atoms with Gasteiger partial charge in [-0.3, -0.25) is 4.79 Å². The lowest BCUT2D eigenvalue weighted by atomic mass is 10.0. The van der Waals surface area contributed by atoms with Crippen molar-refractivity contribution in [3.8, 4) is 0 Å². The lowest BCUT2D eigenvalue weighted by Crippen LogP contribution is -2.51. The molecule has 8 nitrogen and oxygen atoms in total. The van der Waals surface area contributed by atoms with E-state index in [1.807, 2.05) is 36.4 Å². The summed E-state index contributed by atoms with van der Waals surface area (Å²) in [5, 5.41) is 14.5. The van der Waals surface area contributed by atoms with E-state index in [9.17, 15) is 23.1 Å². The monoisotopic (exact) mass is 535 g/mol. The van der Waals surface area contributed by atoms with Crippen molar-refractivity contribution >= 4 is 55.9 Å². The minimum Gasteiger partial charge on any atom is -0.480 e. The van der Waals surface area contributed by atoms with Crippen molar-refractivity contribution in [3.05, 3.63) is 76.3 Å². The van der Waals surface area contributed by atoms with Crippen LogP contribution in [0.4, 0.5) is 0 Å². The number of halogens is 2. The van der Waals surface area contributed by atoms with E-state index < -0.39 is 40.0 Å². The molecule has 4 N–H and O–H groups in total. The van der Waals surface area contributed by atoms with Crippen molar-refractivity contribution < 1.29 is 23.1 Å². The van der Waals surface area contributed by atoms with E-state index in [1.54, 1.807) is 6.07 Å². The number of carboxylic acids is 1. The fourth-order valence-electron chi connectivity index (χ4n) is 4.22. The van der Waals surface area contributed by atoms with Crippen LogP contribution in [0.25, 0.3) is 10.8 Å². The third-order valence-electron chi connectivity index (χ3n) is 5.90. The number of sulfonamides is 1. The lowest BCUT2D eigenvalue weighted by molar-refractivity contribution is -0.142. The van der Waals surface area contributed by atoms with Crippen molar-refractivity contribution in [1.29, 1.82) is 0 Å². The van der Waals surface area contributed by atoms with Gasteiger partial charge in [-0.2, -0.15) is 4.31 Å². The number of hydrogen-bond acceptors (Lipinski definition) is 5. The van der Waals surface area contributed by atoms with Gasteiger partial charge < -0.3 is 16.2 Å². The Hall–Kier alpha value is -2.69. The van der Waals surface area contributed by atoms with Crippen LogP contribution in [0.2, 0.25) is 10.0 Å². The van der Waals surface area contributed by atoms with E-state index in [0.717, 1.165) is 20.6 Å². The van der Waals surface area contributed by atoms with Gasteiger partial charge in [0.2, 0.25) is 15.9 Å². The molecule has 11 heteroatoms. The van der Waals surface area contributed by atoms with Gasteiger partial charge in [0.15, 0.2) is 0 Å². The summed E-state index contributed by atoms with van der Waals surface area (Å²) >= 11 is 11.9. The van der Waals surface area contributed by atoms with Crippen molar-refractivity contribution in [3.63, 3.8) is 0 Å². The summed E-state index contributed by atoms with van der Waals surface area (Å²) in [5.74, 6) is -1.97. The Morgan fingerprint density at radius 1 is 1.06 bits per heavy atom. The fraction of sp³-hybridized carbons (Fsp3) is 0.250. The molecule has 1 fully saturated rings. The van der Waals surface area contributed by atoms with Crippen LogP contribution in [-0.2, 0) is 26.0 Å². The Kier molecular flexibility index (Phi) is 7.35. The Morgan fingerprint density at radius 3 is 2.37 bits per heavy atom. The number of nitrogens with one attached hydrogen (secondary N) is 1. The molecular formula is C24H23Cl2N3O5S. The maximum absolute atomic E-state index is 13.3. The van der Waals surface area contributed by atoms with E-state index in [1.165, 1.54) is 18.2 Å². The lowest BCUT2D eigenvalue weighted by Gasteiger charge is -2.25. The van der Waals surface area contributed by atoms with Crippen LogP contribution in [0.1, 0.15) is 12.0 Å². The molecule has 184 valence electrons. The molecule has 3 aromatic rings. The topological polar surface area (TPSA) is 130 Å². The molecule has 1 amide bonds. The largest absolute Gasteiger partial charge is 0.480 e. The van der Waals surface area contributed by atoms with Crippen LogP contribution in [0.3, 0.4) is 0 Å². The first-order valence-corrected chi connectivity index (χ1v) is 13.0. The summed E-state index contributed by atoms with van der Waals surface area (Å²) in [4.78, 5) is 24.9. The van der Waals surface area contributed by atoms with E-state index in [4.69, 9.17) is 28.9 Å². The number of amides is 1. The van der Waals surface area contributed by atoms with Gasteiger partial charge in [0, 0.05) is 29.1 Å². The number of fused-ring (bicyclic) bond motifs is 1. The van der Waals surface area contributed by atoms with E-state index in [2.05, 4.69) is 5.32 Å². The van der Waals surface area contributed by atoms with Crippen LogP contribution < -0.4 is 11.1 Å². The summed E-state index contributed by atoms with van der Waals surface area (Å²) in [6.07, 6.45) is 0.0724. The Balaban J connectivity index is 1.56. The standard InChI is InChI=1S/C24H23Cl2N3O5S/c25-17-9-18(26)11-20(10-17)35(33,34)29-13-19(27)12-22(29)23(30)28-21(24(31)32)8-14-5-6-15-3-1-2-4-16(15)7-14/h1-7,9-11,19,21-22H,8,12-13,27H2,(H,28,30)(H,31,32)/t19-,21?,22?/m1/s1. The molecule has 0 bridgehead atoms. The first kappa shape index (κ1) is 25.4. The number of carbonyl (C=O) groups is 2. The number of carbonyl (C=O) groups excluding carboxylic acids is 1. The van der Waals surface area contributed by atoms with Gasteiger partial charge in [-0.05, 0) is 41.0 Å². The summed E-state index contributed by atoms with van der Waals surface area (Å²) in [5.41, 5.74) is 6.72. The van der Waals surface area contributed by atoms with Crippen LogP contribution in [-0.4, -0.2) is 54.4 Å². The molecule has 3 atom stereocenters. The van der Waals surface area contributed by atoms with Crippen molar-refractivity contribution in [2.24, 2.45) is 5.73 Å². The third kappa shape index (κ3) is 5.60. The first-order valence-electron chi connectivity index (χ1n) is 10.8. The van der Waals surface area contributed by atoms with E-state index >= 15 is 0 Å². The molecule has 0 radical (unpaired) electrons. The number of carboxylic acid groups (broad SMARTS) is 1. The highest BCUT2D eigenvalue weighted by Gasteiger charge is 2.43. The average molecular weight is 536 g/mol. The van der Waals surface area contributed by atoms with Crippen molar-refractivity contribution in [2.45, 2.75) is 35.9 Å². The zero-order valence-corrected chi connectivity index (χ0v) is 20.7. The van der Waals surface area contributed by atoms with Gasteiger partial charge in [-0.1, -0.05) is 65.7 Å². The quantitative estimate of drug-likeness (QED) is 0.426. The SMILES string of the molecule is N[C@@H]1CC(C(=O)NC(Cc2ccc3ccccc3c2)C(=O)O)N(S(=O)(=O)c2cc(Cl)cc(Cl)c2)C1. The van der Waals surface area contributed by atoms with E-state index in [-0.39, 0.29) is 34.3 Å². The number of nitrogens with zero attached hydrogens (tertiary/aromatic N) is 1. The Bertz CT molecular complexity index is 1380. The molecule has 1 saturated heterocycles. The number of hydrogen-bond donors (Lipinski definition) is 3. The minimum atomic E-state index is -4.17. The summed E-state index contributed by atoms with van der Waals surface area (Å²) in [7, 11) is -4.17. The Morgan fingerprint density at radius 2 is 1.71 bits per heavy atom. The number of benzene rings is 3. The molecule has 1 aliphatic rings. The fourth-order valence-corrected chi connectivity index (χ4v) is 6.61. The summed E-state index contributed by atoms with van der Waals surface area (Å²) < 4.78 is 27.6. The van der Waals surface area contributed by atoms with Gasteiger partial charge in [-0.15, -0.1) is 0 Å². The van der Waals surface area contributed by atoms with Gasteiger partial charge >= 0.3 is 5.97 Å². The van der Waals surface area contributed by atoms with Gasteiger partial charge in [0.25, 0.3) is 0 Å². The second kappa shape index (κ2) is 10.1. The molecule has 2 unspecified atom stereocenters. The number of aliphatic carboxylic acids is 1. The van der Waals surface area contributed by atoms with Crippen molar-refractivity contribution in [2.75, 3.05) is 6.54 Å². The smallest absolute Gasteiger partial charge is 0.326 e. The van der Waals surface area contributed by atoms with Gasteiger partial charge in [0.1, 0.15) is 12.1 Å². The zero-order chi connectivity index (χ0) is 25.3. The predicted octanol–water partition coefficient (Wildman–Crippen LogP) is 3.05. The maximum atomic E-state index is 13.3. The minimum absolute atomic E-state index is 0.0291. The predicted molar refractivity (Wildman–Crippen MR) is 134 cm³/mol. The maximum Gasteiger partial charge on any atom is 0.326 e. The highest BCUT2D eigenvalue weighted by atomic mass is 35.5. The van der Waals surface area contributed by atoms with Gasteiger partial charge in [0.05, 0.1) is 4.90 Å². The number of nitrogens with two attached hydrogens (primary N) is 1. The Labute approximate surface area is 212 Å². The normalized spacial score (nSPS) is 19.5. The molecule has 4 rings (SSSR count). The van der Waals surface area contributed by atoms with Crippen molar-refractivity contribution in [1.82, 2.24) is 9.62 Å². The van der Waals surface area contributed by atoms with Gasteiger partial charge in [-0.25, -0.2) is 13.2 Å². The molecule has 0 spiro atoms. The molecule has 1 aliphatic heterocycles. The van der Waals surface area contributed by atoms with Crippen LogP contribution in [0.5, 0.6) is 0 Å². The number of rotatable bonds is 7. The highest BCUT2D eigenvalue weighted by Crippen LogP contribution is 2.29. The second-order valence-electron chi connectivity index (χ2n) is 8.48. The summed E-state index contributed by atoms with van der Waals surface area (Å²) in [6, 6.07) is 14.0. The average Bonchev–Trinajstić information content (AvgIpc) is 3.20. The molecule has 35 heavy (non-hydrogen) atoms. The van der Waals surface area contributed by atoms with Crippen LogP contribution >= 0.6 is 23.2 Å². The second-order valence-corrected chi connectivity index (χ2v) is 11.2. The highest BCUT2D eigenvalue weighted by molar-refractivity contribution is 7.89. The molecular weight excluding hydrogens is 513 g/mol. The molecule has 0 saturated carbocycles. The molecule has 1 heterocycles. The van der Waals surface area contributed by atoms with E-state index in [0.29, 0.717) is 0 Å². The summed E-state index contributed by atoms with van der Waals surface area (Å²) in [6.45, 7) is -0.104. The first-order chi connectivity index (χ1) is 16.5. The van der Waals surface area contributed by atoms with Crippen LogP contribution in [0.15, 0.2) is 65.6 Å². The zero-order valence-electron chi connectivity index (χ0n) is 18.4. The molecule has 0 aromatic heterocycles. The third-order valence-corrected chi connectivity index (χ3v) is 8.19. The van der Waals surface area contributed by atoms with Crippen LogP contribution in [0, 0.1) is 0 Å².